The van der Waals surface area contributed by atoms with Gasteiger partial charge in [0, 0.05) is 12.0 Å². The lowest BCUT2D eigenvalue weighted by Crippen LogP contribution is -2.33. The van der Waals surface area contributed by atoms with E-state index in [0.717, 1.165) is 28.1 Å². The molecule has 4 rings (SSSR count). The molecule has 0 aliphatic heterocycles. The Hall–Kier alpha value is -1.76. The minimum atomic E-state index is -3.20. The van der Waals surface area contributed by atoms with E-state index in [1.807, 2.05) is 6.92 Å². The van der Waals surface area contributed by atoms with Gasteiger partial charge >= 0.3 is 0 Å². The first-order chi connectivity index (χ1) is 12.3. The zero-order chi connectivity index (χ0) is 18.5. The van der Waals surface area contributed by atoms with Crippen molar-refractivity contribution in [2.24, 2.45) is 0 Å². The average Bonchev–Trinajstić information content (AvgIpc) is 3.24. The maximum atomic E-state index is 12.0. The molecule has 1 fully saturated rings. The molecule has 3 aromatic rings. The smallest absolute Gasteiger partial charge is 0.214 e. The zero-order valence-corrected chi connectivity index (χ0v) is 16.7. The summed E-state index contributed by atoms with van der Waals surface area (Å²) in [5.41, 5.74) is 4.54. The van der Waals surface area contributed by atoms with Crippen LogP contribution in [-0.4, -0.2) is 24.7 Å². The van der Waals surface area contributed by atoms with Gasteiger partial charge in [0.05, 0.1) is 20.5 Å². The first kappa shape index (κ1) is 17.6. The summed E-state index contributed by atoms with van der Waals surface area (Å²) in [6, 6.07) is 14.9. The number of fused-ring (bicyclic) bond motifs is 1. The van der Waals surface area contributed by atoms with Crippen LogP contribution in [0.5, 0.6) is 0 Å². The van der Waals surface area contributed by atoms with Crippen LogP contribution in [0.4, 0.5) is 0 Å². The summed E-state index contributed by atoms with van der Waals surface area (Å²) < 4.78 is 28.0. The van der Waals surface area contributed by atoms with Gasteiger partial charge in [0.2, 0.25) is 10.0 Å². The Morgan fingerprint density at radius 3 is 2.50 bits per heavy atom. The Kier molecular flexibility index (Phi) is 4.37. The minimum Gasteiger partial charge on any atom is -0.241 e. The standard InChI is InChI=1S/C20H22N2O2S2/c1-12(2)26(23,24)22-18-11-17(18)15-6-4-14(5-7-15)16-8-9-20-19(10-16)21-13(3)25-20/h4-10,12,17-18,22H,11H2,1-3H3/t17-,18+/m1/s1. The van der Waals surface area contributed by atoms with Crippen LogP contribution in [-0.2, 0) is 10.0 Å². The molecule has 26 heavy (non-hydrogen) atoms. The molecule has 1 aromatic heterocycles. The fraction of sp³-hybridized carbons (Fsp3) is 0.350. The lowest BCUT2D eigenvalue weighted by atomic mass is 10.0. The van der Waals surface area contributed by atoms with Crippen LogP contribution in [0.25, 0.3) is 21.3 Å². The molecule has 6 heteroatoms. The third-order valence-electron chi connectivity index (χ3n) is 4.89. The van der Waals surface area contributed by atoms with Crippen molar-refractivity contribution in [3.63, 3.8) is 0 Å². The van der Waals surface area contributed by atoms with Crippen LogP contribution in [0.15, 0.2) is 42.5 Å². The van der Waals surface area contributed by atoms with Crippen LogP contribution in [0, 0.1) is 6.92 Å². The first-order valence-corrected chi connectivity index (χ1v) is 11.2. The van der Waals surface area contributed by atoms with Crippen molar-refractivity contribution in [3.05, 3.63) is 53.0 Å². The van der Waals surface area contributed by atoms with E-state index in [0.29, 0.717) is 0 Å². The molecule has 2 atom stereocenters. The monoisotopic (exact) mass is 386 g/mol. The van der Waals surface area contributed by atoms with Crippen molar-refractivity contribution in [3.8, 4) is 11.1 Å². The van der Waals surface area contributed by atoms with Crippen molar-refractivity contribution in [1.82, 2.24) is 9.71 Å². The summed E-state index contributed by atoms with van der Waals surface area (Å²) in [5, 5.41) is 0.687. The second kappa shape index (κ2) is 6.44. The summed E-state index contributed by atoms with van der Waals surface area (Å²) in [6.07, 6.45) is 0.870. The molecule has 0 amide bonds. The predicted octanol–water partition coefficient (Wildman–Crippen LogP) is 4.46. The summed E-state index contributed by atoms with van der Waals surface area (Å²) in [4.78, 5) is 4.57. The van der Waals surface area contributed by atoms with Gasteiger partial charge in [-0.2, -0.15) is 0 Å². The molecule has 0 bridgehead atoms. The topological polar surface area (TPSA) is 59.1 Å². The van der Waals surface area contributed by atoms with Crippen LogP contribution in [0.3, 0.4) is 0 Å². The number of aromatic nitrogens is 1. The van der Waals surface area contributed by atoms with Gasteiger partial charge in [0.1, 0.15) is 0 Å². The Labute approximate surface area is 158 Å². The number of thiazole rings is 1. The van der Waals surface area contributed by atoms with Crippen molar-refractivity contribution in [2.45, 2.75) is 44.4 Å². The summed E-state index contributed by atoms with van der Waals surface area (Å²) in [6.45, 7) is 5.43. The van der Waals surface area contributed by atoms with Crippen LogP contribution < -0.4 is 4.72 Å². The maximum Gasteiger partial charge on any atom is 0.214 e. The van der Waals surface area contributed by atoms with Crippen molar-refractivity contribution in [1.29, 1.82) is 0 Å². The van der Waals surface area contributed by atoms with E-state index in [-0.39, 0.29) is 12.0 Å². The zero-order valence-electron chi connectivity index (χ0n) is 15.1. The number of hydrogen-bond donors (Lipinski definition) is 1. The predicted molar refractivity (Wildman–Crippen MR) is 108 cm³/mol. The molecule has 2 aromatic carbocycles. The fourth-order valence-electron chi connectivity index (χ4n) is 3.19. The third kappa shape index (κ3) is 3.41. The van der Waals surface area contributed by atoms with E-state index in [1.54, 1.807) is 25.2 Å². The Bertz CT molecular complexity index is 1050. The molecule has 1 heterocycles. The molecule has 0 unspecified atom stereocenters. The highest BCUT2D eigenvalue weighted by atomic mass is 32.2. The molecule has 1 N–H and O–H groups in total. The summed E-state index contributed by atoms with van der Waals surface area (Å²) >= 11 is 1.71. The van der Waals surface area contributed by atoms with Gasteiger partial charge < -0.3 is 0 Å². The molecule has 0 radical (unpaired) electrons. The molecular weight excluding hydrogens is 364 g/mol. The minimum absolute atomic E-state index is 0.0302. The van der Waals surface area contributed by atoms with Crippen LogP contribution in [0.2, 0.25) is 0 Å². The van der Waals surface area contributed by atoms with Crippen molar-refractivity contribution >= 4 is 31.6 Å². The van der Waals surface area contributed by atoms with E-state index in [9.17, 15) is 8.42 Å². The van der Waals surface area contributed by atoms with Crippen molar-refractivity contribution in [2.75, 3.05) is 0 Å². The molecule has 1 aliphatic rings. The van der Waals surface area contributed by atoms with Crippen LogP contribution >= 0.6 is 11.3 Å². The molecule has 136 valence electrons. The number of nitrogens with zero attached hydrogens (tertiary/aromatic N) is 1. The Balaban J connectivity index is 1.50. The molecular formula is C20H22N2O2S2. The summed E-state index contributed by atoms with van der Waals surface area (Å²) in [7, 11) is -3.20. The van der Waals surface area contributed by atoms with Gasteiger partial charge in [-0.25, -0.2) is 18.1 Å². The maximum absolute atomic E-state index is 12.0. The highest BCUT2D eigenvalue weighted by molar-refractivity contribution is 7.90. The normalized spacial score (nSPS) is 20.0. The number of nitrogens with one attached hydrogen (secondary N) is 1. The Morgan fingerprint density at radius 1 is 1.12 bits per heavy atom. The quantitative estimate of drug-likeness (QED) is 0.704. The first-order valence-electron chi connectivity index (χ1n) is 8.82. The molecule has 4 nitrogen and oxygen atoms in total. The molecule has 1 saturated carbocycles. The van der Waals surface area contributed by atoms with Gasteiger partial charge in [-0.3, -0.25) is 0 Å². The van der Waals surface area contributed by atoms with Crippen LogP contribution in [0.1, 0.15) is 36.8 Å². The van der Waals surface area contributed by atoms with Crippen molar-refractivity contribution < 1.29 is 8.42 Å². The average molecular weight is 387 g/mol. The highest BCUT2D eigenvalue weighted by Gasteiger charge is 2.41. The third-order valence-corrected chi connectivity index (χ3v) is 7.72. The van der Waals surface area contributed by atoms with Gasteiger partial charge in [-0.15, -0.1) is 11.3 Å². The largest absolute Gasteiger partial charge is 0.241 e. The van der Waals surface area contributed by atoms with E-state index < -0.39 is 15.3 Å². The number of sulfonamides is 1. The van der Waals surface area contributed by atoms with Gasteiger partial charge in [0.25, 0.3) is 0 Å². The van der Waals surface area contributed by atoms with E-state index >= 15 is 0 Å². The molecule has 0 saturated heterocycles. The number of benzene rings is 2. The van der Waals surface area contributed by atoms with Gasteiger partial charge in [-0.05, 0) is 56.0 Å². The number of aryl methyl sites for hydroxylation is 1. The van der Waals surface area contributed by atoms with E-state index in [4.69, 9.17) is 0 Å². The summed E-state index contributed by atoms with van der Waals surface area (Å²) in [5.74, 6) is 0.279. The van der Waals surface area contributed by atoms with Gasteiger partial charge in [-0.1, -0.05) is 30.3 Å². The number of rotatable bonds is 5. The fourth-order valence-corrected chi connectivity index (χ4v) is 4.95. The van der Waals surface area contributed by atoms with Gasteiger partial charge in [0.15, 0.2) is 0 Å². The Morgan fingerprint density at radius 2 is 1.81 bits per heavy atom. The molecule has 0 spiro atoms. The second-order valence-electron chi connectivity index (χ2n) is 7.20. The highest BCUT2D eigenvalue weighted by Crippen LogP contribution is 2.42. The lowest BCUT2D eigenvalue weighted by Gasteiger charge is -2.09. The second-order valence-corrected chi connectivity index (χ2v) is 10.7. The number of hydrogen-bond acceptors (Lipinski definition) is 4. The SMILES string of the molecule is Cc1nc2cc(-c3ccc([C@H]4C[C@@H]4NS(=O)(=O)C(C)C)cc3)ccc2s1. The molecule has 1 aliphatic carbocycles. The van der Waals surface area contributed by atoms with E-state index in [1.165, 1.54) is 10.3 Å². The van der Waals surface area contributed by atoms with E-state index in [2.05, 4.69) is 52.2 Å². The lowest BCUT2D eigenvalue weighted by molar-refractivity contribution is 0.571.